The van der Waals surface area contributed by atoms with Gasteiger partial charge in [0.1, 0.15) is 5.82 Å². The van der Waals surface area contributed by atoms with Crippen molar-refractivity contribution in [1.82, 2.24) is 19.9 Å². The Bertz CT molecular complexity index is 1270. The minimum Gasteiger partial charge on any atom is -0.404 e. The largest absolute Gasteiger partial charge is 0.404 e. The van der Waals surface area contributed by atoms with Gasteiger partial charge in [-0.25, -0.2) is 9.97 Å². The fourth-order valence-corrected chi connectivity index (χ4v) is 4.34. The number of amides is 2. The molecule has 0 saturated carbocycles. The first-order valence-corrected chi connectivity index (χ1v) is 12.5. The fourth-order valence-electron chi connectivity index (χ4n) is 4.16. The maximum atomic E-state index is 13.3. The van der Waals surface area contributed by atoms with Crippen molar-refractivity contribution in [2.24, 2.45) is 5.73 Å². The van der Waals surface area contributed by atoms with E-state index in [1.807, 2.05) is 23.1 Å². The molecule has 1 atom stereocenters. The Labute approximate surface area is 218 Å². The van der Waals surface area contributed by atoms with E-state index < -0.39 is 0 Å². The first kappa shape index (κ1) is 25.3. The normalized spacial score (nSPS) is 15.9. The van der Waals surface area contributed by atoms with Gasteiger partial charge in [-0.15, -0.1) is 0 Å². The second-order valence-corrected chi connectivity index (χ2v) is 9.44. The summed E-state index contributed by atoms with van der Waals surface area (Å²) in [7, 11) is 0. The predicted octanol–water partition coefficient (Wildman–Crippen LogP) is 4.11. The lowest BCUT2D eigenvalue weighted by atomic mass is 9.93. The van der Waals surface area contributed by atoms with Gasteiger partial charge in [0, 0.05) is 68.4 Å². The van der Waals surface area contributed by atoms with E-state index in [2.05, 4.69) is 36.5 Å². The number of carbonyl (C=O) groups is 2. The Kier molecular flexibility index (Phi) is 8.27. The van der Waals surface area contributed by atoms with Crippen molar-refractivity contribution in [3.05, 3.63) is 83.7 Å². The van der Waals surface area contributed by atoms with Crippen molar-refractivity contribution in [1.29, 1.82) is 0 Å². The molecule has 186 valence electrons. The van der Waals surface area contributed by atoms with E-state index in [-0.39, 0.29) is 17.7 Å². The molecule has 0 aliphatic carbocycles. The zero-order valence-corrected chi connectivity index (χ0v) is 21.5. The quantitative estimate of drug-likeness (QED) is 0.404. The molecule has 1 fully saturated rings. The summed E-state index contributed by atoms with van der Waals surface area (Å²) in [6.45, 7) is 3.20. The maximum Gasteiger partial charge on any atom is 0.253 e. The molecule has 36 heavy (non-hydrogen) atoms. The summed E-state index contributed by atoms with van der Waals surface area (Å²) in [5.74, 6) is 0.946. The number of hydrogen-bond donors (Lipinski definition) is 3. The highest BCUT2D eigenvalue weighted by Gasteiger charge is 2.27. The lowest BCUT2D eigenvalue weighted by molar-refractivity contribution is -0.114. The van der Waals surface area contributed by atoms with E-state index >= 15 is 0 Å². The molecule has 0 spiro atoms. The van der Waals surface area contributed by atoms with Crippen LogP contribution in [0.2, 0.25) is 0 Å². The molecule has 3 aromatic rings. The number of aromatic nitrogens is 3. The molecule has 1 aromatic carbocycles. The van der Waals surface area contributed by atoms with Gasteiger partial charge in [-0.1, -0.05) is 12.1 Å². The number of nitrogens with two attached hydrogens (primary N) is 1. The second kappa shape index (κ2) is 11.8. The number of rotatable bonds is 7. The van der Waals surface area contributed by atoms with E-state index in [4.69, 9.17) is 10.7 Å². The van der Waals surface area contributed by atoms with Gasteiger partial charge in [-0.2, -0.15) is 0 Å². The van der Waals surface area contributed by atoms with Gasteiger partial charge < -0.3 is 21.3 Å². The van der Waals surface area contributed by atoms with E-state index in [0.29, 0.717) is 47.0 Å². The van der Waals surface area contributed by atoms with Gasteiger partial charge >= 0.3 is 0 Å². The van der Waals surface area contributed by atoms with Crippen LogP contribution in [0.15, 0.2) is 61.1 Å². The molecule has 0 bridgehead atoms. The smallest absolute Gasteiger partial charge is 0.253 e. The minimum atomic E-state index is -0.178. The number of carbonyl (C=O) groups excluding carboxylic acids is 2. The number of piperidine rings is 1. The predicted molar refractivity (Wildman–Crippen MR) is 143 cm³/mol. The number of hydrogen-bond acceptors (Lipinski definition) is 7. The lowest BCUT2D eigenvalue weighted by Crippen LogP contribution is -2.39. The monoisotopic (exact) mass is 549 g/mol. The molecule has 3 heterocycles. The molecule has 2 amide bonds. The second-order valence-electron chi connectivity index (χ2n) is 8.58. The van der Waals surface area contributed by atoms with Crippen molar-refractivity contribution in [3.8, 4) is 0 Å². The molecule has 2 aromatic heterocycles. The van der Waals surface area contributed by atoms with Crippen molar-refractivity contribution >= 4 is 43.7 Å². The Morgan fingerprint density at radius 3 is 2.83 bits per heavy atom. The average molecular weight is 550 g/mol. The summed E-state index contributed by atoms with van der Waals surface area (Å²) >= 11 is 3.44. The Hall–Kier alpha value is -3.79. The van der Waals surface area contributed by atoms with Gasteiger partial charge in [0.2, 0.25) is 5.91 Å². The maximum absolute atomic E-state index is 13.3. The summed E-state index contributed by atoms with van der Waals surface area (Å²) in [6, 6.07) is 12.8. The third-order valence-electron chi connectivity index (χ3n) is 5.86. The van der Waals surface area contributed by atoms with E-state index in [1.165, 1.54) is 13.1 Å². The fraction of sp³-hybridized carbons (Fsp3) is 0.269. The number of anilines is 2. The standard InChI is InChI=1S/C26H28BrN7O2/c1-17(35)31-21-8-2-6-19(11-21)26(36)34-10-4-7-20(16-34)23-12-24(33-25(32-23)22(27)13-28)30-15-18-5-3-9-29-14-18/h2-3,5-6,8-9,11-14,20H,4,7,10,15-16,28H2,1H3,(H,31,35)(H,30,32,33). The number of halogens is 1. The number of likely N-dealkylation sites (tertiary alicyclic amines) is 1. The summed E-state index contributed by atoms with van der Waals surface area (Å²) in [6.07, 6.45) is 6.71. The molecule has 0 radical (unpaired) electrons. The first-order chi connectivity index (χ1) is 17.4. The molecular weight excluding hydrogens is 522 g/mol. The highest BCUT2D eigenvalue weighted by Crippen LogP contribution is 2.30. The molecular formula is C26H28BrN7O2. The summed E-state index contributed by atoms with van der Waals surface area (Å²) < 4.78 is 0.590. The zero-order valence-electron chi connectivity index (χ0n) is 19.9. The third kappa shape index (κ3) is 6.45. The van der Waals surface area contributed by atoms with Gasteiger partial charge in [-0.05, 0) is 58.6 Å². The Morgan fingerprint density at radius 2 is 2.08 bits per heavy atom. The van der Waals surface area contributed by atoms with Crippen molar-refractivity contribution < 1.29 is 9.59 Å². The molecule has 1 saturated heterocycles. The molecule has 1 unspecified atom stereocenters. The van der Waals surface area contributed by atoms with Crippen LogP contribution in [0.3, 0.4) is 0 Å². The van der Waals surface area contributed by atoms with Crippen molar-refractivity contribution in [3.63, 3.8) is 0 Å². The summed E-state index contributed by atoms with van der Waals surface area (Å²) in [5, 5.41) is 6.08. The highest BCUT2D eigenvalue weighted by molar-refractivity contribution is 9.15. The third-order valence-corrected chi connectivity index (χ3v) is 6.48. The van der Waals surface area contributed by atoms with Crippen LogP contribution >= 0.6 is 15.9 Å². The first-order valence-electron chi connectivity index (χ1n) is 11.7. The highest BCUT2D eigenvalue weighted by atomic mass is 79.9. The van der Waals surface area contributed by atoms with Crippen LogP contribution in [-0.4, -0.2) is 44.8 Å². The van der Waals surface area contributed by atoms with E-state index in [9.17, 15) is 9.59 Å². The number of benzene rings is 1. The number of nitrogens with zero attached hydrogens (tertiary/aromatic N) is 4. The SMILES string of the molecule is CC(=O)Nc1cccc(C(=O)N2CCCC(c3cc(NCc4cccnc4)nc(C(Br)=CN)n3)C2)c1. The van der Waals surface area contributed by atoms with Gasteiger partial charge in [-0.3, -0.25) is 14.6 Å². The van der Waals surface area contributed by atoms with Crippen LogP contribution in [0.25, 0.3) is 4.48 Å². The van der Waals surface area contributed by atoms with E-state index in [0.717, 1.165) is 24.1 Å². The molecule has 9 nitrogen and oxygen atoms in total. The Balaban J connectivity index is 1.54. The van der Waals surface area contributed by atoms with Crippen LogP contribution in [-0.2, 0) is 11.3 Å². The molecule has 1 aliphatic rings. The van der Waals surface area contributed by atoms with Gasteiger partial charge in [0.15, 0.2) is 5.82 Å². The van der Waals surface area contributed by atoms with Crippen LogP contribution in [0, 0.1) is 0 Å². The molecule has 4 N–H and O–H groups in total. The lowest BCUT2D eigenvalue weighted by Gasteiger charge is -2.33. The number of pyridine rings is 1. The van der Waals surface area contributed by atoms with Crippen LogP contribution in [0.1, 0.15) is 53.1 Å². The van der Waals surface area contributed by atoms with Crippen LogP contribution in [0.5, 0.6) is 0 Å². The zero-order chi connectivity index (χ0) is 25.5. The van der Waals surface area contributed by atoms with E-state index in [1.54, 1.807) is 36.7 Å². The summed E-state index contributed by atoms with van der Waals surface area (Å²) in [4.78, 5) is 40.0. The van der Waals surface area contributed by atoms with Gasteiger partial charge in [0.25, 0.3) is 5.91 Å². The topological polar surface area (TPSA) is 126 Å². The Morgan fingerprint density at radius 1 is 1.22 bits per heavy atom. The number of nitrogens with one attached hydrogen (secondary N) is 2. The molecule has 1 aliphatic heterocycles. The van der Waals surface area contributed by atoms with Crippen LogP contribution in [0.4, 0.5) is 11.5 Å². The van der Waals surface area contributed by atoms with Crippen molar-refractivity contribution in [2.75, 3.05) is 23.7 Å². The minimum absolute atomic E-state index is 0.0417. The summed E-state index contributed by atoms with van der Waals surface area (Å²) in [5.41, 5.74) is 8.74. The average Bonchev–Trinajstić information content (AvgIpc) is 2.91. The molecule has 4 rings (SSSR count). The van der Waals surface area contributed by atoms with Crippen LogP contribution < -0.4 is 16.4 Å². The van der Waals surface area contributed by atoms with Crippen molar-refractivity contribution in [2.45, 2.75) is 32.2 Å². The molecule has 10 heteroatoms. The van der Waals surface area contributed by atoms with Gasteiger partial charge in [0.05, 0.1) is 10.2 Å².